The Kier molecular flexibility index (Phi) is 6.48. The first-order chi connectivity index (χ1) is 15.1. The van der Waals surface area contributed by atoms with Crippen molar-refractivity contribution in [2.24, 2.45) is 4.99 Å². The summed E-state index contributed by atoms with van der Waals surface area (Å²) in [4.78, 5) is 3.98. The van der Waals surface area contributed by atoms with Gasteiger partial charge in [-0.15, -0.1) is 0 Å². The van der Waals surface area contributed by atoms with Crippen molar-refractivity contribution < 1.29 is 33.6 Å². The largest absolute Gasteiger partial charge is 0.425 e. The zero-order chi connectivity index (χ0) is 23.7. The van der Waals surface area contributed by atoms with Gasteiger partial charge in [0.05, 0.1) is 19.8 Å². The SMILES string of the molecule is CN=C/C(=C\NC(CO)(CO)CO)c1cc(C)cc2c1-c1ccccc1C2(O)C(F)(F)F. The van der Waals surface area contributed by atoms with Gasteiger partial charge < -0.3 is 25.7 Å². The average Bonchev–Trinajstić information content (AvgIpc) is 3.03. The zero-order valence-corrected chi connectivity index (χ0v) is 17.6. The number of aryl methyl sites for hydroxylation is 1. The van der Waals surface area contributed by atoms with E-state index < -0.39 is 37.1 Å². The molecule has 0 saturated heterocycles. The number of hydrogen-bond donors (Lipinski definition) is 5. The molecule has 6 nitrogen and oxygen atoms in total. The molecule has 0 aromatic heterocycles. The number of rotatable bonds is 7. The summed E-state index contributed by atoms with van der Waals surface area (Å²) in [6.07, 6.45) is -2.18. The van der Waals surface area contributed by atoms with Gasteiger partial charge >= 0.3 is 6.18 Å². The van der Waals surface area contributed by atoms with Gasteiger partial charge in [-0.1, -0.05) is 42.0 Å². The lowest BCUT2D eigenvalue weighted by molar-refractivity contribution is -0.246. The van der Waals surface area contributed by atoms with Crippen molar-refractivity contribution >= 4 is 11.8 Å². The van der Waals surface area contributed by atoms with Gasteiger partial charge in [-0.2, -0.15) is 13.2 Å². The first-order valence-electron chi connectivity index (χ1n) is 9.85. The predicted molar refractivity (Wildman–Crippen MR) is 115 cm³/mol. The van der Waals surface area contributed by atoms with E-state index in [9.17, 15) is 33.6 Å². The first kappa shape index (κ1) is 23.9. The highest BCUT2D eigenvalue weighted by molar-refractivity contribution is 6.13. The van der Waals surface area contributed by atoms with Gasteiger partial charge in [0, 0.05) is 36.2 Å². The molecule has 0 fully saturated rings. The third-order valence-electron chi connectivity index (χ3n) is 5.69. The highest BCUT2D eigenvalue weighted by Gasteiger charge is 2.61. The number of aliphatic hydroxyl groups excluding tert-OH is 3. The molecule has 0 radical (unpaired) electrons. The summed E-state index contributed by atoms with van der Waals surface area (Å²) in [6, 6.07) is 8.80. The molecule has 1 atom stereocenters. The van der Waals surface area contributed by atoms with Gasteiger partial charge in [0.1, 0.15) is 5.54 Å². The van der Waals surface area contributed by atoms with E-state index >= 15 is 0 Å². The smallest absolute Gasteiger partial charge is 0.394 e. The maximum absolute atomic E-state index is 14.2. The van der Waals surface area contributed by atoms with Crippen LogP contribution in [0.4, 0.5) is 13.2 Å². The van der Waals surface area contributed by atoms with Gasteiger partial charge in [-0.25, -0.2) is 0 Å². The molecule has 0 amide bonds. The van der Waals surface area contributed by atoms with E-state index in [2.05, 4.69) is 10.3 Å². The van der Waals surface area contributed by atoms with E-state index in [1.54, 1.807) is 19.1 Å². The number of aliphatic imine (C=N–C) groups is 1. The molecule has 2 aromatic rings. The zero-order valence-electron chi connectivity index (χ0n) is 17.6. The second-order valence-electron chi connectivity index (χ2n) is 7.87. The van der Waals surface area contributed by atoms with Crippen molar-refractivity contribution in [3.8, 4) is 11.1 Å². The summed E-state index contributed by atoms with van der Waals surface area (Å²) in [5, 5.41) is 42.5. The van der Waals surface area contributed by atoms with Crippen LogP contribution in [-0.4, -0.2) is 65.2 Å². The Balaban J connectivity index is 2.31. The minimum absolute atomic E-state index is 0.210. The lowest BCUT2D eigenvalue weighted by atomic mass is 9.88. The maximum atomic E-state index is 14.2. The van der Waals surface area contributed by atoms with Crippen LogP contribution in [0.3, 0.4) is 0 Å². The quantitative estimate of drug-likeness (QED) is 0.416. The lowest BCUT2D eigenvalue weighted by Crippen LogP contribution is -2.52. The maximum Gasteiger partial charge on any atom is 0.425 e. The fourth-order valence-corrected chi connectivity index (χ4v) is 3.90. The van der Waals surface area contributed by atoms with Crippen LogP contribution < -0.4 is 5.32 Å². The Labute approximate surface area is 183 Å². The number of hydrogen-bond acceptors (Lipinski definition) is 6. The van der Waals surface area contributed by atoms with Crippen molar-refractivity contribution in [3.05, 3.63) is 64.9 Å². The summed E-state index contributed by atoms with van der Waals surface area (Å²) in [5.41, 5.74) is -3.51. The molecule has 32 heavy (non-hydrogen) atoms. The minimum Gasteiger partial charge on any atom is -0.394 e. The van der Waals surface area contributed by atoms with Crippen molar-refractivity contribution in [2.45, 2.75) is 24.2 Å². The van der Waals surface area contributed by atoms with Gasteiger partial charge in [0.15, 0.2) is 0 Å². The fourth-order valence-electron chi connectivity index (χ4n) is 3.90. The van der Waals surface area contributed by atoms with Crippen molar-refractivity contribution in [1.29, 1.82) is 0 Å². The van der Waals surface area contributed by atoms with Crippen LogP contribution in [0.25, 0.3) is 16.7 Å². The van der Waals surface area contributed by atoms with Crippen LogP contribution in [0.1, 0.15) is 22.3 Å². The van der Waals surface area contributed by atoms with Crippen LogP contribution >= 0.6 is 0 Å². The van der Waals surface area contributed by atoms with Crippen LogP contribution in [0.15, 0.2) is 47.6 Å². The summed E-state index contributed by atoms with van der Waals surface area (Å²) in [6.45, 7) is -0.141. The second kappa shape index (κ2) is 8.67. The standard InChI is InChI=1S/C23H25F3N2O4/c1-14-7-17(15(9-27-2)10-28-21(11-29,12-30)13-31)20-16-5-3-4-6-18(16)22(32,19(20)8-14)23(24,25)26/h3-10,28-32H,11-13H2,1-2H3/b15-10+,27-9?. The topological polar surface area (TPSA) is 105 Å². The highest BCUT2D eigenvalue weighted by atomic mass is 19.4. The molecule has 5 N–H and O–H groups in total. The van der Waals surface area contributed by atoms with E-state index in [1.807, 2.05) is 0 Å². The van der Waals surface area contributed by atoms with Crippen LogP contribution in [0.5, 0.6) is 0 Å². The van der Waals surface area contributed by atoms with Crippen LogP contribution in [-0.2, 0) is 5.60 Å². The van der Waals surface area contributed by atoms with Crippen molar-refractivity contribution in [3.63, 3.8) is 0 Å². The third-order valence-corrected chi connectivity index (χ3v) is 5.69. The number of allylic oxidation sites excluding steroid dienone is 1. The Morgan fingerprint density at radius 3 is 2.25 bits per heavy atom. The predicted octanol–water partition coefficient (Wildman–Crippen LogP) is 2.12. The number of alkyl halides is 3. The van der Waals surface area contributed by atoms with Crippen molar-refractivity contribution in [2.75, 3.05) is 26.9 Å². The molecule has 0 spiro atoms. The van der Waals surface area contributed by atoms with E-state index in [-0.39, 0.29) is 22.3 Å². The molecule has 1 unspecified atom stereocenters. The molecule has 0 aliphatic heterocycles. The average molecular weight is 450 g/mol. The molecule has 172 valence electrons. The summed E-state index contributed by atoms with van der Waals surface area (Å²) in [5.74, 6) is 0. The lowest BCUT2D eigenvalue weighted by Gasteiger charge is -2.29. The highest BCUT2D eigenvalue weighted by Crippen LogP contribution is 2.56. The molecule has 2 aromatic carbocycles. The molecule has 0 heterocycles. The summed E-state index contributed by atoms with van der Waals surface area (Å²) >= 11 is 0. The normalized spacial score (nSPS) is 18.7. The third kappa shape index (κ3) is 3.71. The number of nitrogens with zero attached hydrogens (tertiary/aromatic N) is 1. The Morgan fingerprint density at radius 1 is 1.06 bits per heavy atom. The van der Waals surface area contributed by atoms with Crippen molar-refractivity contribution in [1.82, 2.24) is 5.32 Å². The molecule has 1 aliphatic carbocycles. The van der Waals surface area contributed by atoms with Gasteiger partial charge in [0.25, 0.3) is 0 Å². The Morgan fingerprint density at radius 2 is 1.69 bits per heavy atom. The summed E-state index contributed by atoms with van der Waals surface area (Å²) < 4.78 is 42.5. The first-order valence-corrected chi connectivity index (χ1v) is 9.85. The molecule has 9 heteroatoms. The van der Waals surface area contributed by atoms with Crippen LogP contribution in [0.2, 0.25) is 0 Å². The molecular weight excluding hydrogens is 425 g/mol. The number of halogens is 3. The Hall–Kier alpha value is -2.72. The fraction of sp³-hybridized carbons (Fsp3) is 0.348. The second-order valence-corrected chi connectivity index (χ2v) is 7.87. The summed E-state index contributed by atoms with van der Waals surface area (Å²) in [7, 11) is 1.49. The molecule has 0 bridgehead atoms. The number of fused-ring (bicyclic) bond motifs is 3. The van der Waals surface area contributed by atoms with E-state index in [0.29, 0.717) is 16.7 Å². The molecule has 1 aliphatic rings. The number of nitrogens with one attached hydrogen (secondary N) is 1. The molecule has 3 rings (SSSR count). The van der Waals surface area contributed by atoms with E-state index in [0.717, 1.165) is 0 Å². The number of benzene rings is 2. The van der Waals surface area contributed by atoms with Gasteiger partial charge in [-0.3, -0.25) is 4.99 Å². The molecular formula is C23H25F3N2O4. The monoisotopic (exact) mass is 450 g/mol. The molecule has 0 saturated carbocycles. The minimum atomic E-state index is -4.96. The van der Waals surface area contributed by atoms with Gasteiger partial charge in [0.2, 0.25) is 5.60 Å². The Bertz CT molecular complexity index is 1050. The van der Waals surface area contributed by atoms with E-state index in [1.165, 1.54) is 43.7 Å². The number of aliphatic hydroxyl groups is 4. The van der Waals surface area contributed by atoms with Crippen LogP contribution in [0, 0.1) is 6.92 Å². The van der Waals surface area contributed by atoms with E-state index in [4.69, 9.17) is 0 Å². The van der Waals surface area contributed by atoms with Gasteiger partial charge in [-0.05, 0) is 23.6 Å².